The SMILES string of the molecule is NS(=O)(=O)c1ccc2c(c1)C[C@@H](C(=O)O)CO2. The normalized spacial score (nSPS) is 19.2. The molecule has 1 aliphatic heterocycles. The van der Waals surface area contributed by atoms with Gasteiger partial charge in [-0.05, 0) is 30.2 Å². The highest BCUT2D eigenvalue weighted by molar-refractivity contribution is 7.89. The number of fused-ring (bicyclic) bond motifs is 1. The first-order valence-electron chi connectivity index (χ1n) is 4.89. The fourth-order valence-electron chi connectivity index (χ4n) is 1.71. The molecule has 92 valence electrons. The first kappa shape index (κ1) is 11.9. The van der Waals surface area contributed by atoms with Gasteiger partial charge in [0.25, 0.3) is 0 Å². The summed E-state index contributed by atoms with van der Waals surface area (Å²) in [6, 6.07) is 4.20. The zero-order chi connectivity index (χ0) is 12.6. The lowest BCUT2D eigenvalue weighted by Crippen LogP contribution is -2.28. The van der Waals surface area contributed by atoms with Crippen molar-refractivity contribution in [3.05, 3.63) is 23.8 Å². The van der Waals surface area contributed by atoms with Gasteiger partial charge >= 0.3 is 5.97 Å². The van der Waals surface area contributed by atoms with E-state index < -0.39 is 21.9 Å². The first-order chi connectivity index (χ1) is 7.88. The topological polar surface area (TPSA) is 107 Å². The van der Waals surface area contributed by atoms with Crippen LogP contribution in [0.5, 0.6) is 5.75 Å². The third-order valence-electron chi connectivity index (χ3n) is 2.62. The Balaban J connectivity index is 2.39. The smallest absolute Gasteiger partial charge is 0.310 e. The number of aliphatic carboxylic acids is 1. The van der Waals surface area contributed by atoms with Crippen molar-refractivity contribution in [2.24, 2.45) is 11.1 Å². The maximum Gasteiger partial charge on any atom is 0.310 e. The predicted octanol–water partition coefficient (Wildman–Crippen LogP) is -0.0303. The van der Waals surface area contributed by atoms with Crippen LogP contribution in [-0.2, 0) is 21.2 Å². The number of hydrogen-bond donors (Lipinski definition) is 2. The molecule has 0 fully saturated rings. The van der Waals surface area contributed by atoms with E-state index in [1.165, 1.54) is 18.2 Å². The molecule has 0 amide bonds. The van der Waals surface area contributed by atoms with Crippen molar-refractivity contribution in [3.8, 4) is 5.75 Å². The minimum Gasteiger partial charge on any atom is -0.492 e. The van der Waals surface area contributed by atoms with E-state index in [0.29, 0.717) is 11.3 Å². The molecule has 2 rings (SSSR count). The Morgan fingerprint density at radius 1 is 1.47 bits per heavy atom. The lowest BCUT2D eigenvalue weighted by atomic mass is 9.97. The van der Waals surface area contributed by atoms with Crippen LogP contribution in [-0.4, -0.2) is 26.1 Å². The van der Waals surface area contributed by atoms with Crippen molar-refractivity contribution in [2.45, 2.75) is 11.3 Å². The van der Waals surface area contributed by atoms with Crippen LogP contribution in [0.25, 0.3) is 0 Å². The Kier molecular flexibility index (Phi) is 2.80. The quantitative estimate of drug-likeness (QED) is 0.773. The zero-order valence-corrected chi connectivity index (χ0v) is 9.61. The third-order valence-corrected chi connectivity index (χ3v) is 3.53. The maximum atomic E-state index is 11.2. The second-order valence-corrected chi connectivity index (χ2v) is 5.43. The van der Waals surface area contributed by atoms with E-state index in [9.17, 15) is 13.2 Å². The minimum absolute atomic E-state index is 0.0362. The molecule has 0 bridgehead atoms. The highest BCUT2D eigenvalue weighted by Crippen LogP contribution is 2.29. The summed E-state index contributed by atoms with van der Waals surface area (Å²) in [5.74, 6) is -1.11. The molecule has 1 atom stereocenters. The fourth-order valence-corrected chi connectivity index (χ4v) is 2.27. The molecular weight excluding hydrogens is 246 g/mol. The summed E-state index contributed by atoms with van der Waals surface area (Å²) in [5.41, 5.74) is 0.551. The predicted molar refractivity (Wildman–Crippen MR) is 58.1 cm³/mol. The third kappa shape index (κ3) is 2.40. The highest BCUT2D eigenvalue weighted by atomic mass is 32.2. The summed E-state index contributed by atoms with van der Waals surface area (Å²) in [6.07, 6.45) is 0.244. The van der Waals surface area contributed by atoms with Crippen LogP contribution in [0.1, 0.15) is 5.56 Å². The molecular formula is C10H11NO5S. The van der Waals surface area contributed by atoms with Crippen molar-refractivity contribution in [1.82, 2.24) is 0 Å². The summed E-state index contributed by atoms with van der Waals surface area (Å²) in [5, 5.41) is 13.9. The number of sulfonamides is 1. The molecule has 7 heteroatoms. The number of nitrogens with two attached hydrogens (primary N) is 1. The van der Waals surface area contributed by atoms with Gasteiger partial charge in [-0.15, -0.1) is 0 Å². The number of rotatable bonds is 2. The lowest BCUT2D eigenvalue weighted by Gasteiger charge is -2.22. The van der Waals surface area contributed by atoms with E-state index in [1.807, 2.05) is 0 Å². The van der Waals surface area contributed by atoms with Gasteiger partial charge < -0.3 is 9.84 Å². The Hall–Kier alpha value is -1.60. The van der Waals surface area contributed by atoms with E-state index in [4.69, 9.17) is 15.0 Å². The lowest BCUT2D eigenvalue weighted by molar-refractivity contribution is -0.143. The van der Waals surface area contributed by atoms with Crippen LogP contribution < -0.4 is 9.88 Å². The molecule has 0 unspecified atom stereocenters. The van der Waals surface area contributed by atoms with Crippen molar-refractivity contribution >= 4 is 16.0 Å². The number of carboxylic acid groups (broad SMARTS) is 1. The average Bonchev–Trinajstić information content (AvgIpc) is 2.26. The molecule has 0 aromatic heterocycles. The van der Waals surface area contributed by atoms with Crippen LogP contribution in [0.4, 0.5) is 0 Å². The standard InChI is InChI=1S/C10H11NO5S/c11-17(14,15)8-1-2-9-6(4-8)3-7(5-16-9)10(12)13/h1-2,4,7H,3,5H2,(H,12,13)(H2,11,14,15)/t7-/m1/s1. The van der Waals surface area contributed by atoms with Gasteiger partial charge in [-0.1, -0.05) is 0 Å². The Morgan fingerprint density at radius 2 is 2.18 bits per heavy atom. The molecule has 6 nitrogen and oxygen atoms in total. The molecule has 0 radical (unpaired) electrons. The fraction of sp³-hybridized carbons (Fsp3) is 0.300. The van der Waals surface area contributed by atoms with Gasteiger partial charge in [-0.25, -0.2) is 13.6 Å². The van der Waals surface area contributed by atoms with E-state index in [0.717, 1.165) is 0 Å². The molecule has 1 aliphatic rings. The first-order valence-corrected chi connectivity index (χ1v) is 6.44. The van der Waals surface area contributed by atoms with E-state index >= 15 is 0 Å². The van der Waals surface area contributed by atoms with Crippen LogP contribution in [0.3, 0.4) is 0 Å². The monoisotopic (exact) mass is 257 g/mol. The number of primary sulfonamides is 1. The zero-order valence-electron chi connectivity index (χ0n) is 8.79. The van der Waals surface area contributed by atoms with Gasteiger partial charge in [-0.3, -0.25) is 4.79 Å². The van der Waals surface area contributed by atoms with E-state index in [1.54, 1.807) is 0 Å². The maximum absolute atomic E-state index is 11.2. The van der Waals surface area contributed by atoms with Crippen molar-refractivity contribution < 1.29 is 23.1 Å². The van der Waals surface area contributed by atoms with Crippen molar-refractivity contribution in [2.75, 3.05) is 6.61 Å². The van der Waals surface area contributed by atoms with E-state index in [-0.39, 0.29) is 17.9 Å². The molecule has 0 spiro atoms. The summed E-state index contributed by atoms with van der Waals surface area (Å²) in [7, 11) is -3.78. The number of ether oxygens (including phenoxy) is 1. The molecule has 1 aromatic rings. The second kappa shape index (κ2) is 4.01. The molecule has 1 heterocycles. The summed E-state index contributed by atoms with van der Waals surface area (Å²) in [4.78, 5) is 10.8. The van der Waals surface area contributed by atoms with Crippen LogP contribution in [0, 0.1) is 5.92 Å². The van der Waals surface area contributed by atoms with Gasteiger partial charge in [0.05, 0.1) is 10.8 Å². The molecule has 0 saturated heterocycles. The number of hydrogen-bond acceptors (Lipinski definition) is 4. The molecule has 17 heavy (non-hydrogen) atoms. The summed E-state index contributed by atoms with van der Waals surface area (Å²) < 4.78 is 27.6. The molecule has 0 aliphatic carbocycles. The summed E-state index contributed by atoms with van der Waals surface area (Å²) in [6.45, 7) is 0.0943. The van der Waals surface area contributed by atoms with Crippen LogP contribution in [0.2, 0.25) is 0 Å². The van der Waals surface area contributed by atoms with Crippen LogP contribution in [0.15, 0.2) is 23.1 Å². The number of carbonyl (C=O) groups is 1. The van der Waals surface area contributed by atoms with Gasteiger partial charge in [0, 0.05) is 0 Å². The van der Waals surface area contributed by atoms with Gasteiger partial charge in [0.15, 0.2) is 0 Å². The Labute approximate surface area is 98.1 Å². The van der Waals surface area contributed by atoms with Gasteiger partial charge in [-0.2, -0.15) is 0 Å². The van der Waals surface area contributed by atoms with Gasteiger partial charge in [0.1, 0.15) is 12.4 Å². The average molecular weight is 257 g/mol. The number of benzene rings is 1. The van der Waals surface area contributed by atoms with Gasteiger partial charge in [0.2, 0.25) is 10.0 Å². The van der Waals surface area contributed by atoms with Crippen molar-refractivity contribution in [1.29, 1.82) is 0 Å². The number of carboxylic acids is 1. The van der Waals surface area contributed by atoms with E-state index in [2.05, 4.69) is 0 Å². The van der Waals surface area contributed by atoms with Crippen molar-refractivity contribution in [3.63, 3.8) is 0 Å². The van der Waals surface area contributed by atoms with Crippen LogP contribution >= 0.6 is 0 Å². The molecule has 0 saturated carbocycles. The molecule has 3 N–H and O–H groups in total. The Morgan fingerprint density at radius 3 is 2.76 bits per heavy atom. The summed E-state index contributed by atoms with van der Waals surface area (Å²) >= 11 is 0. The molecule has 1 aromatic carbocycles. The Bertz CT molecular complexity index is 566. The second-order valence-electron chi connectivity index (χ2n) is 3.86. The minimum atomic E-state index is -3.78. The largest absolute Gasteiger partial charge is 0.492 e. The highest BCUT2D eigenvalue weighted by Gasteiger charge is 2.26.